The molecular weight excluding hydrogens is 240 g/mol. The Morgan fingerprint density at radius 3 is 2.29 bits per heavy atom. The van der Waals surface area contributed by atoms with E-state index in [1.807, 2.05) is 13.8 Å². The fraction of sp³-hybridized carbons (Fsp3) is 0.909. The molecular formula is C11H24N2O3S. The Morgan fingerprint density at radius 2 is 1.82 bits per heavy atom. The van der Waals surface area contributed by atoms with Crippen LogP contribution in [0.5, 0.6) is 0 Å². The van der Waals surface area contributed by atoms with Crippen molar-refractivity contribution in [2.75, 3.05) is 18.6 Å². The van der Waals surface area contributed by atoms with Gasteiger partial charge >= 0.3 is 0 Å². The van der Waals surface area contributed by atoms with Crippen LogP contribution in [0.2, 0.25) is 0 Å². The van der Waals surface area contributed by atoms with E-state index in [1.165, 1.54) is 6.26 Å². The van der Waals surface area contributed by atoms with Gasteiger partial charge in [-0.25, -0.2) is 8.42 Å². The average molecular weight is 264 g/mol. The van der Waals surface area contributed by atoms with Crippen LogP contribution in [0.4, 0.5) is 0 Å². The predicted molar refractivity (Wildman–Crippen MR) is 69.7 cm³/mol. The summed E-state index contributed by atoms with van der Waals surface area (Å²) in [5, 5.41) is 5.90. The highest BCUT2D eigenvalue weighted by atomic mass is 32.2. The SMILES string of the molecule is CC(C)NCCCC(=O)NC(C)CS(C)(=O)=O. The molecule has 0 radical (unpaired) electrons. The summed E-state index contributed by atoms with van der Waals surface area (Å²) in [6.45, 7) is 6.60. The van der Waals surface area contributed by atoms with Crippen LogP contribution in [0.15, 0.2) is 0 Å². The van der Waals surface area contributed by atoms with E-state index < -0.39 is 9.84 Å². The van der Waals surface area contributed by atoms with Crippen molar-refractivity contribution in [2.24, 2.45) is 0 Å². The molecule has 1 unspecified atom stereocenters. The second-order valence-corrected chi connectivity index (χ2v) is 6.96. The van der Waals surface area contributed by atoms with Crippen molar-refractivity contribution in [1.29, 1.82) is 0 Å². The second-order valence-electron chi connectivity index (χ2n) is 4.77. The molecule has 0 aromatic heterocycles. The largest absolute Gasteiger partial charge is 0.353 e. The van der Waals surface area contributed by atoms with Gasteiger partial charge in [0, 0.05) is 24.8 Å². The Kier molecular flexibility index (Phi) is 7.38. The van der Waals surface area contributed by atoms with Crippen molar-refractivity contribution in [3.8, 4) is 0 Å². The first-order chi connectivity index (χ1) is 7.70. The third kappa shape index (κ3) is 11.6. The van der Waals surface area contributed by atoms with Crippen molar-refractivity contribution in [1.82, 2.24) is 10.6 Å². The fourth-order valence-corrected chi connectivity index (χ4v) is 2.47. The molecule has 1 atom stereocenters. The van der Waals surface area contributed by atoms with Crippen molar-refractivity contribution in [3.05, 3.63) is 0 Å². The molecule has 0 heterocycles. The van der Waals surface area contributed by atoms with E-state index in [0.717, 1.165) is 13.0 Å². The van der Waals surface area contributed by atoms with Crippen LogP contribution < -0.4 is 10.6 Å². The van der Waals surface area contributed by atoms with Gasteiger partial charge in [0.2, 0.25) is 5.91 Å². The van der Waals surface area contributed by atoms with Crippen molar-refractivity contribution >= 4 is 15.7 Å². The van der Waals surface area contributed by atoms with Crippen LogP contribution >= 0.6 is 0 Å². The van der Waals surface area contributed by atoms with Crippen LogP contribution in [0.3, 0.4) is 0 Å². The summed E-state index contributed by atoms with van der Waals surface area (Å²) < 4.78 is 22.0. The maximum Gasteiger partial charge on any atom is 0.220 e. The topological polar surface area (TPSA) is 75.3 Å². The molecule has 2 N–H and O–H groups in total. The molecule has 5 nitrogen and oxygen atoms in total. The van der Waals surface area contributed by atoms with E-state index in [9.17, 15) is 13.2 Å². The minimum atomic E-state index is -3.03. The van der Waals surface area contributed by atoms with Gasteiger partial charge in [0.1, 0.15) is 9.84 Å². The lowest BCUT2D eigenvalue weighted by atomic mass is 10.2. The fourth-order valence-electron chi connectivity index (χ4n) is 1.48. The number of carbonyl (C=O) groups excluding carboxylic acids is 1. The minimum Gasteiger partial charge on any atom is -0.353 e. The standard InChI is InChI=1S/C11H24N2O3S/c1-9(2)12-7-5-6-11(14)13-10(3)8-17(4,15)16/h9-10,12H,5-8H2,1-4H3,(H,13,14). The molecule has 6 heteroatoms. The van der Waals surface area contributed by atoms with E-state index in [-0.39, 0.29) is 17.7 Å². The van der Waals surface area contributed by atoms with Crippen LogP contribution in [-0.4, -0.2) is 45.0 Å². The Balaban J connectivity index is 3.72. The molecule has 0 aliphatic heterocycles. The highest BCUT2D eigenvalue weighted by Crippen LogP contribution is 1.94. The quantitative estimate of drug-likeness (QED) is 0.619. The summed E-state index contributed by atoms with van der Waals surface area (Å²) in [6.07, 6.45) is 2.35. The summed E-state index contributed by atoms with van der Waals surface area (Å²) >= 11 is 0. The Labute approximate surface area is 104 Å². The molecule has 0 bridgehead atoms. The van der Waals surface area contributed by atoms with E-state index in [4.69, 9.17) is 0 Å². The van der Waals surface area contributed by atoms with Gasteiger partial charge < -0.3 is 10.6 Å². The highest BCUT2D eigenvalue weighted by molar-refractivity contribution is 7.90. The third-order valence-electron chi connectivity index (χ3n) is 2.09. The van der Waals surface area contributed by atoms with Crippen molar-refractivity contribution in [3.63, 3.8) is 0 Å². The van der Waals surface area contributed by atoms with E-state index in [2.05, 4.69) is 10.6 Å². The summed E-state index contributed by atoms with van der Waals surface area (Å²) in [4.78, 5) is 11.5. The van der Waals surface area contributed by atoms with Gasteiger partial charge in [-0.3, -0.25) is 4.79 Å². The van der Waals surface area contributed by atoms with E-state index in [0.29, 0.717) is 12.5 Å². The summed E-state index contributed by atoms with van der Waals surface area (Å²) in [5.74, 6) is -0.102. The van der Waals surface area contributed by atoms with E-state index >= 15 is 0 Å². The zero-order valence-electron chi connectivity index (χ0n) is 11.1. The number of sulfone groups is 1. The zero-order valence-corrected chi connectivity index (χ0v) is 11.9. The normalized spacial score (nSPS) is 13.7. The van der Waals surface area contributed by atoms with Crippen LogP contribution in [0.1, 0.15) is 33.6 Å². The monoisotopic (exact) mass is 264 g/mol. The number of rotatable bonds is 8. The molecule has 0 aromatic carbocycles. The number of hydrogen-bond donors (Lipinski definition) is 2. The molecule has 0 aliphatic rings. The van der Waals surface area contributed by atoms with Crippen LogP contribution in [0, 0.1) is 0 Å². The molecule has 0 aliphatic carbocycles. The Morgan fingerprint density at radius 1 is 1.24 bits per heavy atom. The maximum absolute atomic E-state index is 11.5. The summed E-state index contributed by atoms with van der Waals surface area (Å²) in [5.41, 5.74) is 0. The molecule has 0 rings (SSSR count). The first-order valence-corrected chi connectivity index (χ1v) is 7.97. The molecule has 0 aromatic rings. The zero-order chi connectivity index (χ0) is 13.5. The molecule has 102 valence electrons. The van der Waals surface area contributed by atoms with Crippen LogP contribution in [0.25, 0.3) is 0 Å². The van der Waals surface area contributed by atoms with Gasteiger partial charge in [0.25, 0.3) is 0 Å². The number of nitrogens with one attached hydrogen (secondary N) is 2. The maximum atomic E-state index is 11.5. The minimum absolute atomic E-state index is 0.0109. The van der Waals surface area contributed by atoms with Gasteiger partial charge in [-0.15, -0.1) is 0 Å². The summed E-state index contributed by atoms with van der Waals surface area (Å²) in [7, 11) is -3.03. The van der Waals surface area contributed by atoms with Crippen LogP contribution in [-0.2, 0) is 14.6 Å². The van der Waals surface area contributed by atoms with Crippen molar-refractivity contribution < 1.29 is 13.2 Å². The van der Waals surface area contributed by atoms with Gasteiger partial charge in [0.15, 0.2) is 0 Å². The molecule has 0 spiro atoms. The lowest BCUT2D eigenvalue weighted by molar-refractivity contribution is -0.121. The van der Waals surface area contributed by atoms with Gasteiger partial charge in [0.05, 0.1) is 5.75 Å². The lowest BCUT2D eigenvalue weighted by Crippen LogP contribution is -2.37. The van der Waals surface area contributed by atoms with Gasteiger partial charge in [-0.2, -0.15) is 0 Å². The summed E-state index contributed by atoms with van der Waals surface area (Å²) in [6, 6.07) is 0.0952. The second kappa shape index (κ2) is 7.66. The molecule has 1 amide bonds. The van der Waals surface area contributed by atoms with E-state index in [1.54, 1.807) is 6.92 Å². The highest BCUT2D eigenvalue weighted by Gasteiger charge is 2.12. The Hall–Kier alpha value is -0.620. The Bertz CT molecular complexity index is 326. The molecule has 0 saturated carbocycles. The molecule has 0 saturated heterocycles. The smallest absolute Gasteiger partial charge is 0.220 e. The van der Waals surface area contributed by atoms with Crippen molar-refractivity contribution in [2.45, 2.75) is 45.7 Å². The number of hydrogen-bond acceptors (Lipinski definition) is 4. The first-order valence-electron chi connectivity index (χ1n) is 5.91. The predicted octanol–water partition coefficient (Wildman–Crippen LogP) is 0.314. The number of amides is 1. The lowest BCUT2D eigenvalue weighted by Gasteiger charge is -2.13. The average Bonchev–Trinajstić information content (AvgIpc) is 2.08. The molecule has 0 fully saturated rings. The first kappa shape index (κ1) is 16.4. The third-order valence-corrected chi connectivity index (χ3v) is 3.20. The van der Waals surface area contributed by atoms with Gasteiger partial charge in [-0.1, -0.05) is 13.8 Å². The number of carbonyl (C=O) groups is 1. The van der Waals surface area contributed by atoms with Gasteiger partial charge in [-0.05, 0) is 19.9 Å². The molecule has 17 heavy (non-hydrogen) atoms.